The van der Waals surface area contributed by atoms with Gasteiger partial charge in [0.25, 0.3) is 5.91 Å². The first-order valence-corrected chi connectivity index (χ1v) is 6.04. The van der Waals surface area contributed by atoms with Gasteiger partial charge in [0.05, 0.1) is 17.6 Å². The number of carbonyl (C=O) groups excluding carboxylic acids is 1. The maximum Gasteiger partial charge on any atom is 0.254 e. The summed E-state index contributed by atoms with van der Waals surface area (Å²) in [5, 5.41) is 6.48. The zero-order valence-electron chi connectivity index (χ0n) is 10.8. The van der Waals surface area contributed by atoms with E-state index in [1.54, 1.807) is 42.5 Å². The van der Waals surface area contributed by atoms with Gasteiger partial charge in [-0.1, -0.05) is 0 Å². The van der Waals surface area contributed by atoms with Crippen LogP contribution in [0.25, 0.3) is 11.0 Å². The number of benzene rings is 1. The number of rotatable bonds is 3. The second kappa shape index (κ2) is 5.04. The lowest BCUT2D eigenvalue weighted by Gasteiger charge is -2.15. The molecular weight excluding hydrogens is 256 g/mol. The summed E-state index contributed by atoms with van der Waals surface area (Å²) in [7, 11) is 1.71. The van der Waals surface area contributed by atoms with Gasteiger partial charge in [0.15, 0.2) is 0 Å². The zero-order chi connectivity index (χ0) is 13.9. The Bertz CT molecular complexity index is 739. The molecule has 7 heteroatoms. The van der Waals surface area contributed by atoms with Crippen LogP contribution in [0.4, 0.5) is 0 Å². The molecule has 1 N–H and O–H groups in total. The van der Waals surface area contributed by atoms with Crippen molar-refractivity contribution in [1.82, 2.24) is 30.0 Å². The molecule has 1 amide bonds. The smallest absolute Gasteiger partial charge is 0.254 e. The zero-order valence-corrected chi connectivity index (χ0v) is 10.8. The van der Waals surface area contributed by atoms with Crippen LogP contribution in [-0.4, -0.2) is 43.0 Å². The Balaban J connectivity index is 1.84. The molecule has 0 unspecified atom stereocenters. The van der Waals surface area contributed by atoms with Crippen LogP contribution >= 0.6 is 0 Å². The maximum absolute atomic E-state index is 12.3. The minimum absolute atomic E-state index is 0.103. The molecule has 0 fully saturated rings. The Morgan fingerprint density at radius 1 is 1.20 bits per heavy atom. The molecule has 0 aliphatic carbocycles. The minimum atomic E-state index is -0.103. The maximum atomic E-state index is 12.3. The number of nitrogens with one attached hydrogen (secondary N) is 1. The fourth-order valence-electron chi connectivity index (χ4n) is 1.92. The highest BCUT2D eigenvalue weighted by Crippen LogP contribution is 2.13. The van der Waals surface area contributed by atoms with Crippen molar-refractivity contribution in [2.45, 2.75) is 6.54 Å². The lowest BCUT2D eigenvalue weighted by molar-refractivity contribution is 0.0782. The molecule has 100 valence electrons. The molecule has 3 aromatic rings. The topological polar surface area (TPSA) is 87.7 Å². The predicted molar refractivity (Wildman–Crippen MR) is 71.7 cm³/mol. The van der Waals surface area contributed by atoms with E-state index in [0.717, 1.165) is 5.52 Å². The molecule has 0 saturated carbocycles. The van der Waals surface area contributed by atoms with Gasteiger partial charge < -0.3 is 4.90 Å². The Labute approximate surface area is 114 Å². The van der Waals surface area contributed by atoms with E-state index in [2.05, 4.69) is 25.1 Å². The van der Waals surface area contributed by atoms with Gasteiger partial charge in [0.2, 0.25) is 0 Å². The van der Waals surface area contributed by atoms with Crippen molar-refractivity contribution in [3.63, 3.8) is 0 Å². The third-order valence-electron chi connectivity index (χ3n) is 2.91. The van der Waals surface area contributed by atoms with Gasteiger partial charge >= 0.3 is 0 Å². The molecule has 20 heavy (non-hydrogen) atoms. The molecule has 0 spiro atoms. The fourth-order valence-corrected chi connectivity index (χ4v) is 1.92. The number of H-pyrrole nitrogens is 1. The van der Waals surface area contributed by atoms with E-state index in [-0.39, 0.29) is 5.91 Å². The first-order chi connectivity index (χ1) is 9.74. The van der Waals surface area contributed by atoms with Crippen LogP contribution in [0.5, 0.6) is 0 Å². The van der Waals surface area contributed by atoms with E-state index in [9.17, 15) is 4.79 Å². The van der Waals surface area contributed by atoms with Gasteiger partial charge in [-0.2, -0.15) is 5.10 Å². The average Bonchev–Trinajstić information content (AvgIpc) is 2.99. The monoisotopic (exact) mass is 268 g/mol. The SMILES string of the molecule is CN(Cc1ncn[nH]1)C(=O)c1ccc2nccnc2c1. The Kier molecular flexibility index (Phi) is 3.08. The molecule has 0 atom stereocenters. The Morgan fingerprint density at radius 2 is 2.00 bits per heavy atom. The van der Waals surface area contributed by atoms with Crippen LogP contribution in [0.15, 0.2) is 36.9 Å². The second-order valence-electron chi connectivity index (χ2n) is 4.35. The van der Waals surface area contributed by atoms with Crippen molar-refractivity contribution < 1.29 is 4.79 Å². The second-order valence-corrected chi connectivity index (χ2v) is 4.35. The normalized spacial score (nSPS) is 10.7. The van der Waals surface area contributed by atoms with Gasteiger partial charge in [0.1, 0.15) is 12.2 Å². The molecule has 0 radical (unpaired) electrons. The summed E-state index contributed by atoms with van der Waals surface area (Å²) in [5.41, 5.74) is 2.04. The molecule has 2 heterocycles. The molecule has 3 rings (SSSR count). The van der Waals surface area contributed by atoms with Gasteiger partial charge in [-0.15, -0.1) is 0 Å². The lowest BCUT2D eigenvalue weighted by atomic mass is 10.1. The van der Waals surface area contributed by atoms with Gasteiger partial charge in [-0.05, 0) is 18.2 Å². The van der Waals surface area contributed by atoms with Gasteiger partial charge in [-0.25, -0.2) is 4.98 Å². The number of nitrogens with zero attached hydrogens (tertiary/aromatic N) is 5. The van der Waals surface area contributed by atoms with E-state index < -0.39 is 0 Å². The lowest BCUT2D eigenvalue weighted by Crippen LogP contribution is -2.26. The Morgan fingerprint density at radius 3 is 2.75 bits per heavy atom. The number of aromatic nitrogens is 5. The molecule has 0 bridgehead atoms. The number of fused-ring (bicyclic) bond motifs is 1. The molecule has 0 aliphatic heterocycles. The number of amides is 1. The predicted octanol–water partition coefficient (Wildman–Crippen LogP) is 1.02. The van der Waals surface area contributed by atoms with E-state index in [0.29, 0.717) is 23.4 Å². The van der Waals surface area contributed by atoms with Crippen LogP contribution in [-0.2, 0) is 6.54 Å². The number of aromatic amines is 1. The van der Waals surface area contributed by atoms with Crippen LogP contribution in [0, 0.1) is 0 Å². The Hall–Kier alpha value is -2.83. The quantitative estimate of drug-likeness (QED) is 0.766. The summed E-state index contributed by atoms with van der Waals surface area (Å²) >= 11 is 0. The van der Waals surface area contributed by atoms with E-state index >= 15 is 0 Å². The van der Waals surface area contributed by atoms with E-state index in [1.165, 1.54) is 6.33 Å². The first kappa shape index (κ1) is 12.2. The summed E-state index contributed by atoms with van der Waals surface area (Å²) in [6, 6.07) is 5.27. The molecule has 1 aromatic carbocycles. The average molecular weight is 268 g/mol. The van der Waals surface area contributed by atoms with Gasteiger partial charge in [-0.3, -0.25) is 19.9 Å². The highest BCUT2D eigenvalue weighted by Gasteiger charge is 2.14. The van der Waals surface area contributed by atoms with Crippen molar-refractivity contribution in [2.75, 3.05) is 7.05 Å². The fraction of sp³-hybridized carbons (Fsp3) is 0.154. The first-order valence-electron chi connectivity index (χ1n) is 6.04. The highest BCUT2D eigenvalue weighted by atomic mass is 16.2. The third-order valence-corrected chi connectivity index (χ3v) is 2.91. The van der Waals surface area contributed by atoms with Crippen molar-refractivity contribution in [1.29, 1.82) is 0 Å². The van der Waals surface area contributed by atoms with Crippen molar-refractivity contribution in [3.8, 4) is 0 Å². The molecule has 0 saturated heterocycles. The minimum Gasteiger partial charge on any atom is -0.334 e. The van der Waals surface area contributed by atoms with Crippen LogP contribution in [0.3, 0.4) is 0 Å². The molecule has 2 aromatic heterocycles. The van der Waals surface area contributed by atoms with Crippen molar-refractivity contribution in [2.24, 2.45) is 0 Å². The molecular formula is C13H12N6O. The van der Waals surface area contributed by atoms with Crippen LogP contribution in [0.2, 0.25) is 0 Å². The third kappa shape index (κ3) is 2.33. The van der Waals surface area contributed by atoms with E-state index in [4.69, 9.17) is 0 Å². The van der Waals surface area contributed by atoms with Crippen molar-refractivity contribution in [3.05, 3.63) is 48.3 Å². The summed E-state index contributed by atoms with van der Waals surface area (Å²) in [6.07, 6.45) is 4.65. The summed E-state index contributed by atoms with van der Waals surface area (Å²) in [4.78, 5) is 26.3. The summed E-state index contributed by atoms with van der Waals surface area (Å²) in [6.45, 7) is 0.372. The van der Waals surface area contributed by atoms with Crippen LogP contribution in [0.1, 0.15) is 16.2 Å². The number of hydrogen-bond acceptors (Lipinski definition) is 5. The van der Waals surface area contributed by atoms with E-state index in [1.807, 2.05) is 0 Å². The summed E-state index contributed by atoms with van der Waals surface area (Å²) < 4.78 is 0. The summed E-state index contributed by atoms with van der Waals surface area (Å²) in [5.74, 6) is 0.537. The molecule has 0 aliphatic rings. The number of hydrogen-bond donors (Lipinski definition) is 1. The standard InChI is InChI=1S/C13H12N6O/c1-19(7-12-16-8-17-18-12)13(20)9-2-3-10-11(6-9)15-5-4-14-10/h2-6,8H,7H2,1H3,(H,16,17,18). The van der Waals surface area contributed by atoms with Crippen LogP contribution < -0.4 is 0 Å². The van der Waals surface area contributed by atoms with Gasteiger partial charge in [0, 0.05) is 25.0 Å². The number of carbonyl (C=O) groups is 1. The molecule has 7 nitrogen and oxygen atoms in total. The highest BCUT2D eigenvalue weighted by molar-refractivity contribution is 5.97. The van der Waals surface area contributed by atoms with Crippen molar-refractivity contribution >= 4 is 16.9 Å². The largest absolute Gasteiger partial charge is 0.334 e.